The minimum absolute atomic E-state index is 0. The quantitative estimate of drug-likeness (QED) is 0.113. The maximum atomic E-state index is 4.25. The summed E-state index contributed by atoms with van der Waals surface area (Å²) in [5, 5.41) is 33.7. The van der Waals surface area contributed by atoms with Gasteiger partial charge in [0.1, 0.15) is 0 Å². The third kappa shape index (κ3) is 8.78. The molecule has 0 aromatic heterocycles. The normalized spacial score (nSPS) is 47.0. The molecule has 9 heteroatoms. The summed E-state index contributed by atoms with van der Waals surface area (Å²) < 4.78 is 0. The van der Waals surface area contributed by atoms with Crippen molar-refractivity contribution in [1.29, 1.82) is 0 Å². The average molecular weight is 731 g/mol. The molecule has 0 spiro atoms. The molecular weight excluding hydrogens is 651 g/mol. The smallest absolute Gasteiger partial charge is 0.0628 e. The molecule has 5 aliphatic heterocycles. The Morgan fingerprint density at radius 1 is 0.286 bits per heavy atom. The third-order valence-electron chi connectivity index (χ3n) is 13.6. The number of fused-ring (bicyclic) bond motifs is 20. The molecule has 298 valence electrons. The van der Waals surface area contributed by atoms with E-state index in [1.807, 2.05) is 0 Å². The van der Waals surface area contributed by atoms with Crippen LogP contribution in [0.2, 0.25) is 0 Å². The van der Waals surface area contributed by atoms with E-state index in [1.54, 1.807) is 0 Å². The minimum atomic E-state index is 0. The summed E-state index contributed by atoms with van der Waals surface area (Å²) in [5.41, 5.74) is 0. The van der Waals surface area contributed by atoms with Crippen LogP contribution in [-0.4, -0.2) is 49.3 Å². The van der Waals surface area contributed by atoms with Crippen LogP contribution in [0.1, 0.15) is 96.3 Å². The molecule has 8 N–H and O–H groups in total. The third-order valence-corrected chi connectivity index (χ3v) is 13.6. The Labute approximate surface area is 316 Å². The van der Waals surface area contributed by atoms with Gasteiger partial charge in [-0.2, -0.15) is 6.42 Å². The van der Waals surface area contributed by atoms with Gasteiger partial charge in [0.25, 0.3) is 0 Å². The van der Waals surface area contributed by atoms with Crippen molar-refractivity contribution in [2.45, 2.75) is 146 Å². The van der Waals surface area contributed by atoms with E-state index < -0.39 is 0 Å². The van der Waals surface area contributed by atoms with Crippen LogP contribution in [0.4, 0.5) is 0 Å². The first kappa shape index (κ1) is 49.2. The molecule has 0 radical (unpaired) electrons. The first-order valence-electron chi connectivity index (χ1n) is 17.7. The zero-order valence-corrected chi connectivity index (χ0v) is 33.7. The van der Waals surface area contributed by atoms with Crippen molar-refractivity contribution in [1.82, 2.24) is 42.5 Å². The van der Waals surface area contributed by atoms with Crippen LogP contribution in [0.15, 0.2) is 0 Å². The van der Waals surface area contributed by atoms with E-state index in [9.17, 15) is 0 Å². The van der Waals surface area contributed by atoms with E-state index in [1.165, 1.54) is 96.3 Å². The molecule has 16 atom stereocenters. The minimum Gasteiger partial charge on any atom is -0.358 e. The van der Waals surface area contributed by atoms with E-state index >= 15 is 0 Å². The molecule has 9 rings (SSSR count). The predicted molar refractivity (Wildman–Crippen MR) is 208 cm³/mol. The Bertz CT molecular complexity index is 719. The monoisotopic (exact) mass is 730 g/mol. The van der Waals surface area contributed by atoms with Crippen LogP contribution in [-0.2, 0) is 16.5 Å². The first-order chi connectivity index (χ1) is 19.8. The van der Waals surface area contributed by atoms with Crippen LogP contribution >= 0.6 is 0 Å². The van der Waals surface area contributed by atoms with Gasteiger partial charge in [-0.1, -0.05) is 51.4 Å². The SMILES string of the molecule is [CH-]1CCCC2C3NC(NC4NC(NC5NC(NC6NC(N3)C3CCCCC63)C3CCCCC53)C3CCCCC43)C12.[CH3-].[CH3-].[CH3-].[CH3-].[CH3-].[CH3-].[CH3-].[CH3-].[Ni]. The number of hydrogen-bond donors (Lipinski definition) is 8. The second-order valence-electron chi connectivity index (χ2n) is 15.4. The number of hydrogen-bond acceptors (Lipinski definition) is 8. The zero-order chi connectivity index (χ0) is 26.2. The Morgan fingerprint density at radius 2 is 0.510 bits per heavy atom. The summed E-state index contributed by atoms with van der Waals surface area (Å²) in [7, 11) is 0. The fourth-order valence-electron chi connectivity index (χ4n) is 11.7. The molecule has 4 aliphatic carbocycles. The van der Waals surface area contributed by atoms with Crippen LogP contribution < -0.4 is 42.5 Å². The van der Waals surface area contributed by atoms with Gasteiger partial charge in [-0.25, -0.2) is 0 Å². The molecule has 9 fully saturated rings. The van der Waals surface area contributed by atoms with E-state index in [0.29, 0.717) is 61.2 Å². The van der Waals surface area contributed by atoms with Crippen LogP contribution in [0, 0.1) is 113 Å². The van der Waals surface area contributed by atoms with Gasteiger partial charge >= 0.3 is 0 Å². The maximum absolute atomic E-state index is 4.25. The fraction of sp³-hybridized carbons (Fsp3) is 0.775. The van der Waals surface area contributed by atoms with Gasteiger partial charge in [0.2, 0.25) is 0 Å². The van der Waals surface area contributed by atoms with Crippen molar-refractivity contribution in [2.24, 2.45) is 47.3 Å². The van der Waals surface area contributed by atoms with Gasteiger partial charge in [-0.05, 0) is 80.0 Å². The van der Waals surface area contributed by atoms with Crippen molar-refractivity contribution in [3.63, 3.8) is 0 Å². The molecular formula is C40H79N8Ni-9. The van der Waals surface area contributed by atoms with Gasteiger partial charge in [0.15, 0.2) is 0 Å². The largest absolute Gasteiger partial charge is 0.358 e. The first-order valence-corrected chi connectivity index (χ1v) is 17.7. The Kier molecular flexibility index (Phi) is 20.7. The van der Waals surface area contributed by atoms with Gasteiger partial charge in [-0.15, -0.1) is 5.92 Å². The van der Waals surface area contributed by atoms with E-state index in [4.69, 9.17) is 0 Å². The number of rotatable bonds is 0. The standard InChI is InChI=1S/C32H55N8.8CH3.Ni/c1-2-10-18-17(9-1)25-33-26(18)38-28-21-13-5-6-14-22(21)30(35-28)40-32-24-16-8-7-15-23(24)31(36-32)39-29-20-12-4-3-11-19(20)27(34-29)37-25;;;;;;;;;/h9,17-40H,1-8,10-16H2;8*1H3;/q9*-1;. The molecule has 5 heterocycles. The van der Waals surface area contributed by atoms with Crippen LogP contribution in [0.3, 0.4) is 0 Å². The Balaban J connectivity index is 0.00000256. The van der Waals surface area contributed by atoms with Crippen molar-refractivity contribution in [3.8, 4) is 0 Å². The molecule has 16 unspecified atom stereocenters. The molecule has 8 nitrogen and oxygen atoms in total. The fourth-order valence-corrected chi connectivity index (χ4v) is 11.7. The van der Waals surface area contributed by atoms with Gasteiger partial charge in [0.05, 0.1) is 43.2 Å². The van der Waals surface area contributed by atoms with E-state index in [2.05, 4.69) is 49.0 Å². The summed E-state index contributed by atoms with van der Waals surface area (Å²) in [6, 6.07) is 0. The summed E-state index contributed by atoms with van der Waals surface area (Å²) >= 11 is 0. The van der Waals surface area contributed by atoms with Crippen LogP contribution in [0.25, 0.3) is 0 Å². The second-order valence-corrected chi connectivity index (χ2v) is 15.4. The topological polar surface area (TPSA) is 96.2 Å². The molecule has 5 saturated heterocycles. The molecule has 8 bridgehead atoms. The molecule has 4 saturated carbocycles. The molecule has 49 heavy (non-hydrogen) atoms. The zero-order valence-electron chi connectivity index (χ0n) is 32.7. The number of nitrogens with one attached hydrogen (secondary N) is 8. The van der Waals surface area contributed by atoms with Gasteiger partial charge in [0, 0.05) is 22.7 Å². The molecule has 0 aromatic rings. The Hall–Kier alpha value is 0.174. The van der Waals surface area contributed by atoms with Gasteiger partial charge < -0.3 is 65.8 Å². The summed E-state index contributed by atoms with van der Waals surface area (Å²) in [6.45, 7) is 0. The van der Waals surface area contributed by atoms with Crippen molar-refractivity contribution in [3.05, 3.63) is 65.8 Å². The molecule has 0 aromatic carbocycles. The second kappa shape index (κ2) is 20.6. The summed E-state index contributed by atoms with van der Waals surface area (Å²) in [6.07, 6.45) is 26.4. The molecule has 9 aliphatic rings. The predicted octanol–water partition coefficient (Wildman–Crippen LogP) is 6.02. The molecule has 0 amide bonds. The van der Waals surface area contributed by atoms with Crippen molar-refractivity contribution in [2.75, 3.05) is 0 Å². The van der Waals surface area contributed by atoms with E-state index in [0.717, 1.165) is 35.5 Å². The maximum Gasteiger partial charge on any atom is 0.0628 e. The summed E-state index contributed by atoms with van der Waals surface area (Å²) in [5.74, 6) is 5.74. The summed E-state index contributed by atoms with van der Waals surface area (Å²) in [4.78, 5) is 0. The van der Waals surface area contributed by atoms with Crippen molar-refractivity contribution >= 4 is 0 Å². The van der Waals surface area contributed by atoms with E-state index in [-0.39, 0.29) is 75.9 Å². The average Bonchev–Trinajstić information content (AvgIpc) is 3.73. The van der Waals surface area contributed by atoms with Crippen molar-refractivity contribution < 1.29 is 16.5 Å². The van der Waals surface area contributed by atoms with Gasteiger partial charge in [-0.3, -0.25) is 42.5 Å². The van der Waals surface area contributed by atoms with Crippen LogP contribution in [0.5, 0.6) is 0 Å². The Morgan fingerprint density at radius 3 is 0.796 bits per heavy atom.